The maximum Gasteiger partial charge on any atom is 0.265 e. The zero-order chi connectivity index (χ0) is 10.1. The van der Waals surface area contributed by atoms with Crippen molar-refractivity contribution in [2.45, 2.75) is 4.90 Å². The Labute approximate surface area is 88.4 Å². The van der Waals surface area contributed by atoms with Crippen LogP contribution in [-0.2, 0) is 9.05 Å². The van der Waals surface area contributed by atoms with Crippen molar-refractivity contribution in [3.8, 4) is 5.75 Å². The van der Waals surface area contributed by atoms with Gasteiger partial charge < -0.3 is 4.74 Å². The average molecular weight is 287 g/mol. The van der Waals surface area contributed by atoms with Gasteiger partial charge in [0.2, 0.25) is 0 Å². The van der Waals surface area contributed by atoms with Crippen molar-refractivity contribution in [1.82, 2.24) is 4.98 Å². The summed E-state index contributed by atoms with van der Waals surface area (Å²) in [5.74, 6) is 0.109. The molecule has 0 aromatic carbocycles. The van der Waals surface area contributed by atoms with Gasteiger partial charge in [-0.1, -0.05) is 0 Å². The van der Waals surface area contributed by atoms with Crippen molar-refractivity contribution in [2.24, 2.45) is 0 Å². The molecule has 0 unspecified atom stereocenters. The predicted molar refractivity (Wildman–Crippen MR) is 51.5 cm³/mol. The van der Waals surface area contributed by atoms with Crippen LogP contribution in [0.1, 0.15) is 0 Å². The lowest BCUT2D eigenvalue weighted by Gasteiger charge is -2.05. The van der Waals surface area contributed by atoms with E-state index in [1.54, 1.807) is 0 Å². The molecular formula is C6H5BrClNO3S. The van der Waals surface area contributed by atoms with Crippen molar-refractivity contribution in [3.63, 3.8) is 0 Å². The number of nitrogens with zero attached hydrogens (tertiary/aromatic N) is 1. The van der Waals surface area contributed by atoms with Gasteiger partial charge in [-0.05, 0) is 22.0 Å². The van der Waals surface area contributed by atoms with Crippen molar-refractivity contribution in [3.05, 3.63) is 16.9 Å². The zero-order valence-electron chi connectivity index (χ0n) is 6.49. The van der Waals surface area contributed by atoms with E-state index in [9.17, 15) is 8.42 Å². The quantitative estimate of drug-likeness (QED) is 0.614. The van der Waals surface area contributed by atoms with Gasteiger partial charge in [0, 0.05) is 16.9 Å². The highest BCUT2D eigenvalue weighted by atomic mass is 79.9. The van der Waals surface area contributed by atoms with Gasteiger partial charge in [0.1, 0.15) is 9.50 Å². The van der Waals surface area contributed by atoms with Crippen LogP contribution >= 0.6 is 26.6 Å². The second kappa shape index (κ2) is 3.81. The fourth-order valence-electron chi connectivity index (χ4n) is 0.783. The molecule has 0 fully saturated rings. The lowest BCUT2D eigenvalue weighted by Crippen LogP contribution is -1.97. The van der Waals surface area contributed by atoms with Crippen molar-refractivity contribution < 1.29 is 13.2 Å². The SMILES string of the molecule is COc1c(S(=O)(=O)Cl)ccnc1Br. The van der Waals surface area contributed by atoms with Gasteiger partial charge in [-0.15, -0.1) is 0 Å². The number of aromatic nitrogens is 1. The predicted octanol–water partition coefficient (Wildman–Crippen LogP) is 1.78. The summed E-state index contributed by atoms with van der Waals surface area (Å²) in [5.41, 5.74) is 0. The summed E-state index contributed by atoms with van der Waals surface area (Å²) in [6, 6.07) is 1.27. The van der Waals surface area contributed by atoms with E-state index >= 15 is 0 Å². The largest absolute Gasteiger partial charge is 0.492 e. The molecule has 13 heavy (non-hydrogen) atoms. The number of ether oxygens (including phenoxy) is 1. The average Bonchev–Trinajstić information content (AvgIpc) is 2.02. The van der Waals surface area contributed by atoms with Crippen LogP contribution in [0.2, 0.25) is 0 Å². The first kappa shape index (κ1) is 10.7. The number of hydrogen-bond donors (Lipinski definition) is 0. The Hall–Kier alpha value is -0.330. The Kier molecular flexibility index (Phi) is 3.15. The van der Waals surface area contributed by atoms with E-state index < -0.39 is 9.05 Å². The maximum atomic E-state index is 11.0. The summed E-state index contributed by atoms with van der Waals surface area (Å²) in [5, 5.41) is 0. The van der Waals surface area contributed by atoms with Crippen molar-refractivity contribution in [2.75, 3.05) is 7.11 Å². The monoisotopic (exact) mass is 285 g/mol. The van der Waals surface area contributed by atoms with E-state index in [1.165, 1.54) is 19.4 Å². The molecule has 72 valence electrons. The van der Waals surface area contributed by atoms with Gasteiger partial charge in [-0.2, -0.15) is 0 Å². The van der Waals surface area contributed by atoms with Gasteiger partial charge in [0.25, 0.3) is 9.05 Å². The third-order valence-electron chi connectivity index (χ3n) is 1.29. The minimum Gasteiger partial charge on any atom is -0.492 e. The smallest absolute Gasteiger partial charge is 0.265 e. The summed E-state index contributed by atoms with van der Waals surface area (Å²) in [6.45, 7) is 0. The Morgan fingerprint density at radius 2 is 2.23 bits per heavy atom. The number of rotatable bonds is 2. The molecule has 0 aliphatic heterocycles. The Morgan fingerprint density at radius 3 is 2.62 bits per heavy atom. The number of hydrogen-bond acceptors (Lipinski definition) is 4. The number of halogens is 2. The van der Waals surface area contributed by atoms with Crippen LogP contribution < -0.4 is 4.74 Å². The molecule has 0 N–H and O–H groups in total. The van der Waals surface area contributed by atoms with Crippen LogP contribution in [0.15, 0.2) is 21.8 Å². The van der Waals surface area contributed by atoms with E-state index in [4.69, 9.17) is 15.4 Å². The summed E-state index contributed by atoms with van der Waals surface area (Å²) in [4.78, 5) is 3.69. The van der Waals surface area contributed by atoms with Crippen LogP contribution in [0.25, 0.3) is 0 Å². The van der Waals surface area contributed by atoms with Gasteiger partial charge in [-0.25, -0.2) is 13.4 Å². The first-order chi connectivity index (χ1) is 5.96. The molecular weight excluding hydrogens is 281 g/mol. The Bertz CT molecular complexity index is 420. The fraction of sp³-hybridized carbons (Fsp3) is 0.167. The molecule has 0 atom stereocenters. The molecule has 1 rings (SSSR count). The minimum absolute atomic E-state index is 0.0986. The van der Waals surface area contributed by atoms with E-state index in [2.05, 4.69) is 20.9 Å². The molecule has 0 aliphatic carbocycles. The molecule has 0 amide bonds. The second-order valence-corrected chi connectivity index (χ2v) is 5.36. The summed E-state index contributed by atoms with van der Waals surface area (Å²) < 4.78 is 27.1. The van der Waals surface area contributed by atoms with Crippen LogP contribution in [0.3, 0.4) is 0 Å². The molecule has 1 heterocycles. The van der Waals surface area contributed by atoms with Crippen LogP contribution in [0, 0.1) is 0 Å². The molecule has 0 bridgehead atoms. The van der Waals surface area contributed by atoms with Crippen LogP contribution in [0.4, 0.5) is 0 Å². The molecule has 7 heteroatoms. The third-order valence-corrected chi connectivity index (χ3v) is 3.20. The van der Waals surface area contributed by atoms with Gasteiger partial charge in [0.05, 0.1) is 7.11 Å². The van der Waals surface area contributed by atoms with Gasteiger partial charge in [-0.3, -0.25) is 0 Å². The standard InChI is InChI=1S/C6H5BrClNO3S/c1-12-5-4(13(8,10)11)2-3-9-6(5)7/h2-3H,1H3. The molecule has 0 radical (unpaired) electrons. The van der Waals surface area contributed by atoms with E-state index in [0.29, 0.717) is 4.60 Å². The molecule has 0 saturated heterocycles. The Balaban J connectivity index is 3.47. The molecule has 4 nitrogen and oxygen atoms in total. The summed E-state index contributed by atoms with van der Waals surface area (Å²) >= 11 is 3.04. The molecule has 1 aromatic heterocycles. The molecule has 0 spiro atoms. The highest BCUT2D eigenvalue weighted by Gasteiger charge is 2.18. The van der Waals surface area contributed by atoms with E-state index in [1.807, 2.05) is 0 Å². The first-order valence-corrected chi connectivity index (χ1v) is 6.20. The molecule has 1 aromatic rings. The minimum atomic E-state index is -3.79. The van der Waals surface area contributed by atoms with Crippen LogP contribution in [0.5, 0.6) is 5.75 Å². The molecule has 0 saturated carbocycles. The number of pyridine rings is 1. The lowest BCUT2D eigenvalue weighted by molar-refractivity contribution is 0.398. The number of methoxy groups -OCH3 is 1. The fourth-order valence-corrected chi connectivity index (χ4v) is 2.40. The Morgan fingerprint density at radius 1 is 1.62 bits per heavy atom. The zero-order valence-corrected chi connectivity index (χ0v) is 9.65. The lowest BCUT2D eigenvalue weighted by atomic mass is 10.5. The topological polar surface area (TPSA) is 56.3 Å². The van der Waals surface area contributed by atoms with E-state index in [-0.39, 0.29) is 10.6 Å². The third kappa shape index (κ3) is 2.32. The maximum absolute atomic E-state index is 11.0. The first-order valence-electron chi connectivity index (χ1n) is 3.10. The highest BCUT2D eigenvalue weighted by molar-refractivity contribution is 9.10. The van der Waals surface area contributed by atoms with Crippen LogP contribution in [-0.4, -0.2) is 20.5 Å². The highest BCUT2D eigenvalue weighted by Crippen LogP contribution is 2.31. The normalized spacial score (nSPS) is 11.3. The molecule has 0 aliphatic rings. The van der Waals surface area contributed by atoms with Gasteiger partial charge >= 0.3 is 0 Å². The van der Waals surface area contributed by atoms with Gasteiger partial charge in [0.15, 0.2) is 5.75 Å². The van der Waals surface area contributed by atoms with E-state index in [0.717, 1.165) is 0 Å². The second-order valence-electron chi connectivity index (χ2n) is 2.07. The van der Waals surface area contributed by atoms with Crippen molar-refractivity contribution in [1.29, 1.82) is 0 Å². The summed E-state index contributed by atoms with van der Waals surface area (Å²) in [6.07, 6.45) is 1.32. The summed E-state index contributed by atoms with van der Waals surface area (Å²) in [7, 11) is 2.71. The van der Waals surface area contributed by atoms with Crippen molar-refractivity contribution >= 4 is 35.7 Å².